The Morgan fingerprint density at radius 2 is 1.14 bits per heavy atom. The number of rotatable bonds is 4. The molecule has 2 aromatic rings. The van der Waals surface area contributed by atoms with E-state index in [0.29, 0.717) is 11.6 Å². The van der Waals surface area contributed by atoms with Gasteiger partial charge in [0.1, 0.15) is 0 Å². The Morgan fingerprint density at radius 1 is 0.727 bits per heavy atom. The summed E-state index contributed by atoms with van der Waals surface area (Å²) in [4.78, 5) is 25.9. The Hall–Kier alpha value is -2.50. The smallest absolute Gasteiger partial charge is 0.170 e. The molecule has 0 aliphatic heterocycles. The predicted octanol–water partition coefficient (Wildman–Crippen LogP) is 2.12. The summed E-state index contributed by atoms with van der Waals surface area (Å²) in [6.45, 7) is 0. The van der Waals surface area contributed by atoms with Crippen LogP contribution >= 0.6 is 0 Å². The molecule has 2 atom stereocenters. The summed E-state index contributed by atoms with van der Waals surface area (Å²) in [7, 11) is 0. The first-order valence-electron chi connectivity index (χ1n) is 7.52. The van der Waals surface area contributed by atoms with Crippen LogP contribution < -0.4 is 0 Å². The minimum atomic E-state index is 0.178. The summed E-state index contributed by atoms with van der Waals surface area (Å²) in [6, 6.07) is 3.95. The van der Waals surface area contributed by atoms with Gasteiger partial charge >= 0.3 is 0 Å². The van der Waals surface area contributed by atoms with Crippen LogP contribution in [0.15, 0.2) is 46.9 Å². The molecule has 0 saturated heterocycles. The van der Waals surface area contributed by atoms with E-state index >= 15 is 0 Å². The van der Waals surface area contributed by atoms with Gasteiger partial charge in [0.15, 0.2) is 11.6 Å². The average Bonchev–Trinajstić information content (AvgIpc) is 2.61. The van der Waals surface area contributed by atoms with E-state index in [1.54, 1.807) is 49.3 Å². The highest BCUT2D eigenvalue weighted by Crippen LogP contribution is 2.23. The van der Waals surface area contributed by atoms with E-state index in [1.807, 2.05) is 0 Å². The molecule has 0 amide bonds. The summed E-state index contributed by atoms with van der Waals surface area (Å²) in [6.07, 6.45) is 14.8. The molecule has 3 rings (SSSR count). The van der Waals surface area contributed by atoms with Crippen LogP contribution in [0.5, 0.6) is 0 Å². The van der Waals surface area contributed by atoms with Crippen LogP contribution in [0, 0.1) is 0 Å². The van der Waals surface area contributed by atoms with E-state index in [2.05, 4.69) is 29.9 Å². The highest BCUT2D eigenvalue weighted by Gasteiger charge is 2.23. The number of aromatic nitrogens is 4. The largest absolute Gasteiger partial charge is 0.284 e. The maximum absolute atomic E-state index is 4.64. The molecule has 0 spiro atoms. The van der Waals surface area contributed by atoms with E-state index < -0.39 is 0 Å². The Bertz CT molecular complexity index is 568. The molecule has 0 radical (unpaired) electrons. The minimum absolute atomic E-state index is 0.178. The highest BCUT2D eigenvalue weighted by molar-refractivity contribution is 5.75. The fraction of sp³-hybridized carbons (Fsp3) is 0.375. The van der Waals surface area contributed by atoms with E-state index in [-0.39, 0.29) is 12.1 Å². The first kappa shape index (κ1) is 14.4. The second kappa shape index (κ2) is 7.49. The van der Waals surface area contributed by atoms with Crippen LogP contribution in [-0.4, -0.2) is 44.4 Å². The Balaban J connectivity index is 1.69. The van der Waals surface area contributed by atoms with Gasteiger partial charge < -0.3 is 0 Å². The lowest BCUT2D eigenvalue weighted by Crippen LogP contribution is -2.27. The van der Waals surface area contributed by atoms with E-state index in [9.17, 15) is 0 Å². The van der Waals surface area contributed by atoms with Crippen molar-refractivity contribution in [3.05, 3.63) is 48.6 Å². The third-order valence-corrected chi connectivity index (χ3v) is 3.63. The molecule has 1 aliphatic rings. The van der Waals surface area contributed by atoms with Crippen LogP contribution in [0.1, 0.15) is 37.3 Å². The normalized spacial score (nSPS) is 22.4. The van der Waals surface area contributed by atoms with Gasteiger partial charge in [-0.25, -0.2) is 19.9 Å². The number of hydrogen-bond acceptors (Lipinski definition) is 6. The average molecular weight is 294 g/mol. The van der Waals surface area contributed by atoms with Crippen molar-refractivity contribution in [1.29, 1.82) is 0 Å². The molecule has 6 nitrogen and oxygen atoms in total. The Morgan fingerprint density at radius 3 is 1.55 bits per heavy atom. The molecular weight excluding hydrogens is 276 g/mol. The van der Waals surface area contributed by atoms with E-state index in [4.69, 9.17) is 0 Å². The molecule has 0 aromatic carbocycles. The molecule has 2 heterocycles. The molecule has 1 aliphatic carbocycles. The Kier molecular flexibility index (Phi) is 4.92. The zero-order valence-corrected chi connectivity index (χ0v) is 12.3. The summed E-state index contributed by atoms with van der Waals surface area (Å²) < 4.78 is 0. The van der Waals surface area contributed by atoms with Gasteiger partial charge in [0.2, 0.25) is 0 Å². The molecule has 2 unspecified atom stereocenters. The van der Waals surface area contributed by atoms with Gasteiger partial charge in [-0.1, -0.05) is 12.8 Å². The second-order valence-corrected chi connectivity index (χ2v) is 5.19. The van der Waals surface area contributed by atoms with Crippen molar-refractivity contribution in [2.75, 3.05) is 0 Å². The summed E-state index contributed by atoms with van der Waals surface area (Å²) in [5.74, 6) is 1.28. The summed E-state index contributed by atoms with van der Waals surface area (Å²) in [5, 5.41) is 0. The van der Waals surface area contributed by atoms with Gasteiger partial charge in [-0.3, -0.25) is 9.98 Å². The summed E-state index contributed by atoms with van der Waals surface area (Å²) in [5.41, 5.74) is 0. The van der Waals surface area contributed by atoms with Crippen molar-refractivity contribution >= 4 is 12.4 Å². The van der Waals surface area contributed by atoms with Crippen LogP contribution in [0.4, 0.5) is 0 Å². The number of aliphatic imine (C=N–C) groups is 2. The molecular formula is C16H18N6. The topological polar surface area (TPSA) is 76.3 Å². The SMILES string of the molecule is C(=NC1CCCCC1N=Cc1ncccn1)c1ncccn1. The van der Waals surface area contributed by atoms with Crippen molar-refractivity contribution < 1.29 is 0 Å². The lowest BCUT2D eigenvalue weighted by molar-refractivity contribution is 0.390. The van der Waals surface area contributed by atoms with Gasteiger partial charge in [-0.2, -0.15) is 0 Å². The lowest BCUT2D eigenvalue weighted by atomic mass is 9.91. The van der Waals surface area contributed by atoms with Crippen molar-refractivity contribution in [3.8, 4) is 0 Å². The van der Waals surface area contributed by atoms with E-state index in [1.165, 1.54) is 12.8 Å². The summed E-state index contributed by atoms with van der Waals surface area (Å²) >= 11 is 0. The monoisotopic (exact) mass is 294 g/mol. The maximum atomic E-state index is 4.64. The molecule has 0 bridgehead atoms. The van der Waals surface area contributed by atoms with Crippen LogP contribution in [0.25, 0.3) is 0 Å². The van der Waals surface area contributed by atoms with Gasteiger partial charge in [-0.15, -0.1) is 0 Å². The molecule has 6 heteroatoms. The third-order valence-electron chi connectivity index (χ3n) is 3.63. The zero-order chi connectivity index (χ0) is 15.0. The first-order chi connectivity index (χ1) is 10.9. The molecule has 112 valence electrons. The first-order valence-corrected chi connectivity index (χ1v) is 7.52. The quantitative estimate of drug-likeness (QED) is 0.809. The molecule has 0 N–H and O–H groups in total. The standard InChI is InChI=1S/C16H18N6/c1-2-6-14(22-12-16-19-9-4-10-20-16)13(5-1)21-11-15-17-7-3-8-18-15/h3-4,7-14H,1-2,5-6H2. The lowest BCUT2D eigenvalue weighted by Gasteiger charge is -2.25. The number of hydrogen-bond donors (Lipinski definition) is 0. The van der Waals surface area contributed by atoms with Crippen molar-refractivity contribution in [3.63, 3.8) is 0 Å². The Labute approximate surface area is 129 Å². The molecule has 2 aromatic heterocycles. The highest BCUT2D eigenvalue weighted by atomic mass is 15.0. The third kappa shape index (κ3) is 4.00. The van der Waals surface area contributed by atoms with E-state index in [0.717, 1.165) is 12.8 Å². The fourth-order valence-electron chi connectivity index (χ4n) is 2.52. The molecule has 1 fully saturated rings. The van der Waals surface area contributed by atoms with Crippen LogP contribution in [0.3, 0.4) is 0 Å². The van der Waals surface area contributed by atoms with Crippen molar-refractivity contribution in [1.82, 2.24) is 19.9 Å². The van der Waals surface area contributed by atoms with Crippen LogP contribution in [-0.2, 0) is 0 Å². The zero-order valence-electron chi connectivity index (χ0n) is 12.3. The van der Waals surface area contributed by atoms with Gasteiger partial charge in [0.25, 0.3) is 0 Å². The fourth-order valence-corrected chi connectivity index (χ4v) is 2.52. The molecule has 1 saturated carbocycles. The minimum Gasteiger partial charge on any atom is -0.284 e. The predicted molar refractivity (Wildman–Crippen MR) is 85.3 cm³/mol. The maximum Gasteiger partial charge on any atom is 0.170 e. The molecule has 22 heavy (non-hydrogen) atoms. The van der Waals surface area contributed by atoms with Gasteiger partial charge in [0.05, 0.1) is 24.5 Å². The number of nitrogens with zero attached hydrogens (tertiary/aromatic N) is 6. The van der Waals surface area contributed by atoms with Gasteiger partial charge in [-0.05, 0) is 25.0 Å². The van der Waals surface area contributed by atoms with Crippen molar-refractivity contribution in [2.24, 2.45) is 9.98 Å². The van der Waals surface area contributed by atoms with Crippen LogP contribution in [0.2, 0.25) is 0 Å². The van der Waals surface area contributed by atoms with Gasteiger partial charge in [0, 0.05) is 24.8 Å². The second-order valence-electron chi connectivity index (χ2n) is 5.19. The van der Waals surface area contributed by atoms with Crippen molar-refractivity contribution in [2.45, 2.75) is 37.8 Å².